The second-order valence-electron chi connectivity index (χ2n) is 2.55. The van der Waals surface area contributed by atoms with Crippen molar-refractivity contribution in [1.82, 2.24) is 4.98 Å². The van der Waals surface area contributed by atoms with Crippen LogP contribution in [-0.2, 0) is 0 Å². The van der Waals surface area contributed by atoms with E-state index in [2.05, 4.69) is 4.98 Å². The zero-order valence-electron chi connectivity index (χ0n) is 7.30. The predicted molar refractivity (Wildman–Crippen MR) is 57.5 cm³/mol. The van der Waals surface area contributed by atoms with Gasteiger partial charge in [0, 0.05) is 6.20 Å². The maximum Gasteiger partial charge on any atom is 0.0704 e. The van der Waals surface area contributed by atoms with Gasteiger partial charge in [0.1, 0.15) is 0 Å². The molecule has 0 saturated heterocycles. The molecule has 0 aromatic carbocycles. The van der Waals surface area contributed by atoms with Crippen molar-refractivity contribution in [1.29, 1.82) is 0 Å². The van der Waals surface area contributed by atoms with E-state index in [0.717, 1.165) is 11.3 Å². The summed E-state index contributed by atoms with van der Waals surface area (Å²) in [5.74, 6) is 0. The second kappa shape index (κ2) is 7.09. The molecule has 5 heteroatoms. The van der Waals surface area contributed by atoms with Crippen molar-refractivity contribution >= 4 is 24.8 Å². The Hall–Kier alpha value is -0.350. The van der Waals surface area contributed by atoms with E-state index in [4.69, 9.17) is 10.8 Å². The van der Waals surface area contributed by atoms with Gasteiger partial charge in [-0.15, -0.1) is 24.8 Å². The number of aliphatic hydroxyl groups is 1. The van der Waals surface area contributed by atoms with Crippen LogP contribution in [0.25, 0.3) is 0 Å². The Kier molecular flexibility index (Phi) is 8.26. The van der Waals surface area contributed by atoms with Gasteiger partial charge in [0.25, 0.3) is 0 Å². The van der Waals surface area contributed by atoms with Crippen LogP contribution in [0.1, 0.15) is 17.3 Å². The molecule has 1 atom stereocenters. The second-order valence-corrected chi connectivity index (χ2v) is 2.55. The third-order valence-corrected chi connectivity index (χ3v) is 1.51. The minimum atomic E-state index is -0.351. The molecule has 0 amide bonds. The number of rotatable bonds is 2. The van der Waals surface area contributed by atoms with E-state index in [1.807, 2.05) is 19.1 Å². The molecule has 13 heavy (non-hydrogen) atoms. The molecule has 0 bridgehead atoms. The molecule has 0 aliphatic heterocycles. The van der Waals surface area contributed by atoms with Crippen LogP contribution in [-0.4, -0.2) is 16.7 Å². The van der Waals surface area contributed by atoms with Crippen LogP contribution < -0.4 is 5.73 Å². The molecule has 1 aromatic rings. The van der Waals surface area contributed by atoms with E-state index in [-0.39, 0.29) is 37.5 Å². The molecule has 0 aliphatic rings. The van der Waals surface area contributed by atoms with Crippen LogP contribution in [0, 0.1) is 6.92 Å². The quantitative estimate of drug-likeness (QED) is 0.795. The zero-order valence-corrected chi connectivity index (χ0v) is 8.94. The van der Waals surface area contributed by atoms with Crippen molar-refractivity contribution in [2.45, 2.75) is 13.0 Å². The number of hydrogen-bond donors (Lipinski definition) is 2. The van der Waals surface area contributed by atoms with Gasteiger partial charge in [0.15, 0.2) is 0 Å². The minimum Gasteiger partial charge on any atom is -0.394 e. The Labute approximate surface area is 90.2 Å². The van der Waals surface area contributed by atoms with Crippen LogP contribution in [0.3, 0.4) is 0 Å². The maximum absolute atomic E-state index is 8.69. The lowest BCUT2D eigenvalue weighted by atomic mass is 10.2. The van der Waals surface area contributed by atoms with E-state index in [0.29, 0.717) is 0 Å². The number of hydrogen-bond acceptors (Lipinski definition) is 3. The summed E-state index contributed by atoms with van der Waals surface area (Å²) in [6.07, 6.45) is 1.74. The Morgan fingerprint density at radius 1 is 1.46 bits per heavy atom. The minimum absolute atomic E-state index is 0. The number of nitrogens with two attached hydrogens (primary N) is 1. The fraction of sp³-hybridized carbons (Fsp3) is 0.375. The van der Waals surface area contributed by atoms with Gasteiger partial charge in [-0.05, 0) is 18.6 Å². The summed E-state index contributed by atoms with van der Waals surface area (Å²) in [5, 5.41) is 8.69. The summed E-state index contributed by atoms with van der Waals surface area (Å²) in [6, 6.07) is 3.41. The Bertz CT molecular complexity index is 228. The molecule has 0 aliphatic carbocycles. The third-order valence-electron chi connectivity index (χ3n) is 1.51. The average molecular weight is 225 g/mol. The molecule has 1 rings (SSSR count). The Morgan fingerprint density at radius 3 is 2.46 bits per heavy atom. The van der Waals surface area contributed by atoms with Crippen molar-refractivity contribution in [2.24, 2.45) is 5.73 Å². The first kappa shape index (κ1) is 15.1. The summed E-state index contributed by atoms with van der Waals surface area (Å²) < 4.78 is 0. The van der Waals surface area contributed by atoms with Gasteiger partial charge in [-0.25, -0.2) is 0 Å². The molecule has 0 saturated carbocycles. The van der Waals surface area contributed by atoms with Gasteiger partial charge in [-0.1, -0.05) is 6.07 Å². The van der Waals surface area contributed by atoms with Gasteiger partial charge >= 0.3 is 0 Å². The van der Waals surface area contributed by atoms with E-state index < -0.39 is 0 Å². The number of aromatic nitrogens is 1. The van der Waals surface area contributed by atoms with Crippen LogP contribution in [0.4, 0.5) is 0 Å². The molecule has 1 heterocycles. The summed E-state index contributed by atoms with van der Waals surface area (Å²) in [6.45, 7) is 1.90. The number of aryl methyl sites for hydroxylation is 1. The lowest BCUT2D eigenvalue weighted by Crippen LogP contribution is -2.15. The molecule has 1 aromatic heterocycles. The molecule has 0 fully saturated rings. The topological polar surface area (TPSA) is 59.1 Å². The first-order valence-corrected chi connectivity index (χ1v) is 3.53. The van der Waals surface area contributed by atoms with Crippen molar-refractivity contribution in [2.75, 3.05) is 6.61 Å². The lowest BCUT2D eigenvalue weighted by molar-refractivity contribution is 0.266. The van der Waals surface area contributed by atoms with Crippen LogP contribution in [0.5, 0.6) is 0 Å². The maximum atomic E-state index is 8.69. The number of pyridine rings is 1. The normalized spacial score (nSPS) is 11.0. The van der Waals surface area contributed by atoms with Crippen molar-refractivity contribution in [3.05, 3.63) is 29.6 Å². The van der Waals surface area contributed by atoms with Crippen LogP contribution >= 0.6 is 24.8 Å². The molecule has 0 radical (unpaired) electrons. The van der Waals surface area contributed by atoms with E-state index in [9.17, 15) is 0 Å². The molecule has 3 N–H and O–H groups in total. The highest BCUT2D eigenvalue weighted by atomic mass is 35.5. The van der Waals surface area contributed by atoms with Gasteiger partial charge < -0.3 is 10.8 Å². The Balaban J connectivity index is 0. The van der Waals surface area contributed by atoms with E-state index >= 15 is 0 Å². The molecule has 3 nitrogen and oxygen atoms in total. The van der Waals surface area contributed by atoms with Crippen molar-refractivity contribution in [3.63, 3.8) is 0 Å². The van der Waals surface area contributed by atoms with E-state index in [1.165, 1.54) is 0 Å². The van der Waals surface area contributed by atoms with Gasteiger partial charge in [0.05, 0.1) is 18.3 Å². The zero-order chi connectivity index (χ0) is 8.27. The van der Waals surface area contributed by atoms with E-state index in [1.54, 1.807) is 6.20 Å². The largest absolute Gasteiger partial charge is 0.394 e. The summed E-state index contributed by atoms with van der Waals surface area (Å²) in [7, 11) is 0. The average Bonchev–Trinajstić information content (AvgIpc) is 2.05. The molecular formula is C8H14Cl2N2O. The number of aliphatic hydroxyl groups excluding tert-OH is 1. The predicted octanol–water partition coefficient (Wildman–Crippen LogP) is 1.23. The third kappa shape index (κ3) is 4.43. The highest BCUT2D eigenvalue weighted by molar-refractivity contribution is 5.85. The summed E-state index contributed by atoms with van der Waals surface area (Å²) in [4.78, 5) is 4.06. The summed E-state index contributed by atoms with van der Waals surface area (Å²) in [5.41, 5.74) is 7.36. The molecule has 1 unspecified atom stereocenters. The standard InChI is InChI=1S/C8H12N2O.2ClH/c1-6-2-3-8(10-4-6)7(9)5-11;;/h2-4,7,11H,5,9H2,1H3;2*1H. The highest BCUT2D eigenvalue weighted by Gasteiger charge is 2.03. The van der Waals surface area contributed by atoms with Gasteiger partial charge in [0.2, 0.25) is 0 Å². The van der Waals surface area contributed by atoms with Crippen LogP contribution in [0.2, 0.25) is 0 Å². The molecule has 76 valence electrons. The van der Waals surface area contributed by atoms with Gasteiger partial charge in [-0.3, -0.25) is 4.98 Å². The van der Waals surface area contributed by atoms with Crippen LogP contribution in [0.15, 0.2) is 18.3 Å². The SMILES string of the molecule is Cc1ccc(C(N)CO)nc1.Cl.Cl. The van der Waals surface area contributed by atoms with Crippen molar-refractivity contribution < 1.29 is 5.11 Å². The first-order valence-electron chi connectivity index (χ1n) is 3.53. The monoisotopic (exact) mass is 224 g/mol. The lowest BCUT2D eigenvalue weighted by Gasteiger charge is -2.06. The van der Waals surface area contributed by atoms with Crippen molar-refractivity contribution in [3.8, 4) is 0 Å². The fourth-order valence-electron chi connectivity index (χ4n) is 0.792. The number of nitrogens with zero attached hydrogens (tertiary/aromatic N) is 1. The highest BCUT2D eigenvalue weighted by Crippen LogP contribution is 2.05. The Morgan fingerprint density at radius 2 is 2.08 bits per heavy atom. The first-order chi connectivity index (χ1) is 5.24. The summed E-state index contributed by atoms with van der Waals surface area (Å²) >= 11 is 0. The van der Waals surface area contributed by atoms with Gasteiger partial charge in [-0.2, -0.15) is 0 Å². The molecule has 0 spiro atoms. The molecular weight excluding hydrogens is 211 g/mol. The fourth-order valence-corrected chi connectivity index (χ4v) is 0.792. The smallest absolute Gasteiger partial charge is 0.0704 e. The number of halogens is 2.